The van der Waals surface area contributed by atoms with Crippen molar-refractivity contribution in [3.63, 3.8) is 0 Å². The SMILES string of the molecule is CC(O)CC(=O)Cc1cc(Cl)ccc1N. The summed E-state index contributed by atoms with van der Waals surface area (Å²) in [7, 11) is 0. The zero-order valence-electron chi connectivity index (χ0n) is 8.53. The van der Waals surface area contributed by atoms with Crippen LogP contribution in [0.2, 0.25) is 5.02 Å². The molecule has 0 saturated heterocycles. The number of hydrogen-bond acceptors (Lipinski definition) is 3. The van der Waals surface area contributed by atoms with E-state index < -0.39 is 6.10 Å². The van der Waals surface area contributed by atoms with Crippen LogP contribution in [0.5, 0.6) is 0 Å². The molecular formula is C11H14ClNO2. The summed E-state index contributed by atoms with van der Waals surface area (Å²) < 4.78 is 0. The van der Waals surface area contributed by atoms with Gasteiger partial charge in [-0.05, 0) is 30.7 Å². The molecule has 0 aliphatic carbocycles. The Morgan fingerprint density at radius 1 is 1.60 bits per heavy atom. The number of aliphatic hydroxyl groups excluding tert-OH is 1. The fourth-order valence-electron chi connectivity index (χ4n) is 1.34. The Morgan fingerprint density at radius 3 is 2.87 bits per heavy atom. The normalized spacial score (nSPS) is 12.5. The van der Waals surface area contributed by atoms with Crippen molar-refractivity contribution in [3.8, 4) is 0 Å². The third-order valence-corrected chi connectivity index (χ3v) is 2.25. The minimum absolute atomic E-state index is 0.0426. The highest BCUT2D eigenvalue weighted by Gasteiger charge is 2.09. The summed E-state index contributed by atoms with van der Waals surface area (Å²) in [5.74, 6) is -0.0426. The molecular weight excluding hydrogens is 214 g/mol. The second-order valence-corrected chi connectivity index (χ2v) is 4.05. The molecule has 1 aromatic carbocycles. The third kappa shape index (κ3) is 3.90. The first kappa shape index (κ1) is 12.0. The minimum atomic E-state index is -0.613. The molecule has 0 spiro atoms. The molecule has 3 nitrogen and oxygen atoms in total. The Labute approximate surface area is 93.9 Å². The van der Waals surface area contributed by atoms with E-state index >= 15 is 0 Å². The van der Waals surface area contributed by atoms with Crippen LogP contribution in [0.1, 0.15) is 18.9 Å². The second kappa shape index (κ2) is 5.14. The van der Waals surface area contributed by atoms with Crippen molar-refractivity contribution in [1.82, 2.24) is 0 Å². The lowest BCUT2D eigenvalue weighted by Crippen LogP contribution is -2.12. The number of carbonyl (C=O) groups excluding carboxylic acids is 1. The Morgan fingerprint density at radius 2 is 2.27 bits per heavy atom. The molecule has 0 bridgehead atoms. The first-order valence-electron chi connectivity index (χ1n) is 4.72. The molecule has 15 heavy (non-hydrogen) atoms. The largest absolute Gasteiger partial charge is 0.398 e. The number of ketones is 1. The fourth-order valence-corrected chi connectivity index (χ4v) is 1.54. The predicted octanol–water partition coefficient (Wildman–Crippen LogP) is 1.80. The standard InChI is InChI=1S/C11H14ClNO2/c1-7(14)4-10(15)6-8-5-9(12)2-3-11(8)13/h2-3,5,7,14H,4,6,13H2,1H3. The molecule has 82 valence electrons. The predicted molar refractivity (Wildman–Crippen MR) is 60.9 cm³/mol. The number of carbonyl (C=O) groups is 1. The van der Waals surface area contributed by atoms with Gasteiger partial charge in [-0.1, -0.05) is 11.6 Å². The molecule has 0 saturated carbocycles. The van der Waals surface area contributed by atoms with Gasteiger partial charge in [0.2, 0.25) is 0 Å². The molecule has 4 heteroatoms. The lowest BCUT2D eigenvalue weighted by molar-refractivity contribution is -0.120. The number of Topliss-reactive ketones (excluding diaryl/α,β-unsaturated/α-hetero) is 1. The van der Waals surface area contributed by atoms with Gasteiger partial charge in [-0.15, -0.1) is 0 Å². The van der Waals surface area contributed by atoms with E-state index in [9.17, 15) is 4.79 Å². The molecule has 0 aliphatic rings. The van der Waals surface area contributed by atoms with E-state index in [-0.39, 0.29) is 18.6 Å². The van der Waals surface area contributed by atoms with Crippen molar-refractivity contribution in [3.05, 3.63) is 28.8 Å². The molecule has 1 atom stereocenters. The summed E-state index contributed by atoms with van der Waals surface area (Å²) >= 11 is 5.79. The molecule has 0 fully saturated rings. The Hall–Kier alpha value is -1.06. The van der Waals surface area contributed by atoms with E-state index in [1.165, 1.54) is 0 Å². The van der Waals surface area contributed by atoms with Gasteiger partial charge in [0.25, 0.3) is 0 Å². The van der Waals surface area contributed by atoms with Gasteiger partial charge in [-0.3, -0.25) is 4.79 Å². The number of benzene rings is 1. The van der Waals surface area contributed by atoms with Gasteiger partial charge in [-0.25, -0.2) is 0 Å². The van der Waals surface area contributed by atoms with Crippen LogP contribution in [0.25, 0.3) is 0 Å². The summed E-state index contributed by atoms with van der Waals surface area (Å²) in [6.45, 7) is 1.58. The van der Waals surface area contributed by atoms with Gasteiger partial charge in [0.15, 0.2) is 0 Å². The van der Waals surface area contributed by atoms with Crippen LogP contribution < -0.4 is 5.73 Å². The second-order valence-electron chi connectivity index (χ2n) is 3.61. The molecule has 0 amide bonds. The summed E-state index contributed by atoms with van der Waals surface area (Å²) in [5.41, 5.74) is 6.97. The van der Waals surface area contributed by atoms with E-state index in [4.69, 9.17) is 22.4 Å². The number of halogens is 1. The average Bonchev–Trinajstić information content (AvgIpc) is 2.10. The van der Waals surface area contributed by atoms with Crippen LogP contribution in [0.15, 0.2) is 18.2 Å². The fraction of sp³-hybridized carbons (Fsp3) is 0.364. The number of hydrogen-bond donors (Lipinski definition) is 2. The quantitative estimate of drug-likeness (QED) is 0.771. The monoisotopic (exact) mass is 227 g/mol. The van der Waals surface area contributed by atoms with Gasteiger partial charge < -0.3 is 10.8 Å². The van der Waals surface area contributed by atoms with Crippen molar-refractivity contribution in [2.75, 3.05) is 5.73 Å². The van der Waals surface area contributed by atoms with E-state index in [2.05, 4.69) is 0 Å². The van der Waals surface area contributed by atoms with Crippen LogP contribution in [-0.4, -0.2) is 17.0 Å². The smallest absolute Gasteiger partial charge is 0.139 e. The maximum atomic E-state index is 11.4. The van der Waals surface area contributed by atoms with Crippen LogP contribution >= 0.6 is 11.6 Å². The summed E-state index contributed by atoms with van der Waals surface area (Å²) in [6, 6.07) is 5.03. The van der Waals surface area contributed by atoms with Gasteiger partial charge in [0, 0.05) is 23.6 Å². The maximum Gasteiger partial charge on any atom is 0.139 e. The molecule has 1 unspecified atom stereocenters. The third-order valence-electron chi connectivity index (χ3n) is 2.02. The zero-order valence-corrected chi connectivity index (χ0v) is 9.29. The Kier molecular flexibility index (Phi) is 4.12. The van der Waals surface area contributed by atoms with E-state index in [1.807, 2.05) is 0 Å². The molecule has 0 aromatic heterocycles. The van der Waals surface area contributed by atoms with Crippen molar-refractivity contribution in [2.45, 2.75) is 25.9 Å². The highest BCUT2D eigenvalue weighted by Crippen LogP contribution is 2.19. The van der Waals surface area contributed by atoms with Crippen molar-refractivity contribution < 1.29 is 9.90 Å². The number of nitrogen functional groups attached to an aromatic ring is 1. The summed E-state index contributed by atoms with van der Waals surface area (Å²) in [6.07, 6.45) is -0.249. The Bertz CT molecular complexity index is 364. The van der Waals surface area contributed by atoms with Gasteiger partial charge in [0.05, 0.1) is 6.10 Å². The molecule has 0 heterocycles. The molecule has 1 rings (SSSR count). The zero-order chi connectivity index (χ0) is 11.4. The first-order chi connectivity index (χ1) is 6.99. The average molecular weight is 228 g/mol. The number of aliphatic hydroxyl groups is 1. The van der Waals surface area contributed by atoms with Gasteiger partial charge in [-0.2, -0.15) is 0 Å². The first-order valence-corrected chi connectivity index (χ1v) is 5.10. The van der Waals surface area contributed by atoms with Crippen molar-refractivity contribution in [2.24, 2.45) is 0 Å². The van der Waals surface area contributed by atoms with Gasteiger partial charge in [0.1, 0.15) is 5.78 Å². The lowest BCUT2D eigenvalue weighted by atomic mass is 10.0. The van der Waals surface area contributed by atoms with E-state index in [0.29, 0.717) is 16.3 Å². The van der Waals surface area contributed by atoms with E-state index in [0.717, 1.165) is 0 Å². The number of nitrogens with two attached hydrogens (primary N) is 1. The topological polar surface area (TPSA) is 63.3 Å². The van der Waals surface area contributed by atoms with Crippen LogP contribution in [0.3, 0.4) is 0 Å². The van der Waals surface area contributed by atoms with Crippen molar-refractivity contribution in [1.29, 1.82) is 0 Å². The number of anilines is 1. The summed E-state index contributed by atoms with van der Waals surface area (Å²) in [4.78, 5) is 11.4. The Balaban J connectivity index is 2.71. The molecule has 0 radical (unpaired) electrons. The van der Waals surface area contributed by atoms with E-state index in [1.54, 1.807) is 25.1 Å². The van der Waals surface area contributed by atoms with Crippen LogP contribution in [-0.2, 0) is 11.2 Å². The van der Waals surface area contributed by atoms with Crippen LogP contribution in [0.4, 0.5) is 5.69 Å². The highest BCUT2D eigenvalue weighted by molar-refractivity contribution is 6.30. The number of rotatable bonds is 4. The summed E-state index contributed by atoms with van der Waals surface area (Å²) in [5, 5.41) is 9.61. The lowest BCUT2D eigenvalue weighted by Gasteiger charge is -2.06. The minimum Gasteiger partial charge on any atom is -0.398 e. The van der Waals surface area contributed by atoms with Crippen molar-refractivity contribution >= 4 is 23.1 Å². The molecule has 1 aromatic rings. The molecule has 0 aliphatic heterocycles. The highest BCUT2D eigenvalue weighted by atomic mass is 35.5. The maximum absolute atomic E-state index is 11.4. The van der Waals surface area contributed by atoms with Gasteiger partial charge >= 0.3 is 0 Å². The van der Waals surface area contributed by atoms with Crippen LogP contribution in [0, 0.1) is 0 Å². The molecule has 3 N–H and O–H groups in total.